The van der Waals surface area contributed by atoms with Crippen molar-refractivity contribution in [1.29, 1.82) is 0 Å². The summed E-state index contributed by atoms with van der Waals surface area (Å²) < 4.78 is 0. The largest absolute Gasteiger partial charge is 0.507 e. The zero-order valence-electron chi connectivity index (χ0n) is 14.7. The van der Waals surface area contributed by atoms with Crippen LogP contribution in [0.3, 0.4) is 0 Å². The molecular weight excluding hydrogens is 328 g/mol. The van der Waals surface area contributed by atoms with E-state index in [2.05, 4.69) is 10.6 Å². The number of aromatic hydroxyl groups is 1. The normalized spacial score (nSPS) is 10.5. The minimum absolute atomic E-state index is 0.121. The maximum Gasteiger partial charge on any atom is 0.314 e. The molecule has 0 fully saturated rings. The highest BCUT2D eigenvalue weighted by molar-refractivity contribution is 6.44. The van der Waals surface area contributed by atoms with Crippen LogP contribution in [0.1, 0.15) is 18.1 Å². The highest BCUT2D eigenvalue weighted by Crippen LogP contribution is 2.29. The van der Waals surface area contributed by atoms with E-state index in [-0.39, 0.29) is 5.75 Å². The van der Waals surface area contributed by atoms with E-state index in [0.29, 0.717) is 22.1 Å². The van der Waals surface area contributed by atoms with Crippen molar-refractivity contribution in [2.75, 3.05) is 10.6 Å². The molecule has 2 amide bonds. The number of phenolic OH excluding ortho intramolecular Hbond substituents is 1. The molecule has 5 heteroatoms. The summed E-state index contributed by atoms with van der Waals surface area (Å²) in [5.41, 5.74) is 3.02. The van der Waals surface area contributed by atoms with Crippen LogP contribution in [-0.4, -0.2) is 16.9 Å². The molecule has 0 atom stereocenters. The topological polar surface area (TPSA) is 78.4 Å². The number of hydrogen-bond acceptors (Lipinski definition) is 3. The molecule has 0 spiro atoms. The molecule has 3 rings (SSSR count). The van der Waals surface area contributed by atoms with Crippen LogP contribution in [-0.2, 0) is 16.0 Å². The Kier molecular flexibility index (Phi) is 4.89. The number of benzene rings is 3. The van der Waals surface area contributed by atoms with Gasteiger partial charge in [0.1, 0.15) is 5.75 Å². The van der Waals surface area contributed by atoms with Gasteiger partial charge >= 0.3 is 11.8 Å². The van der Waals surface area contributed by atoms with Gasteiger partial charge in [-0.25, -0.2) is 0 Å². The zero-order chi connectivity index (χ0) is 18.7. The zero-order valence-corrected chi connectivity index (χ0v) is 14.7. The van der Waals surface area contributed by atoms with Gasteiger partial charge in [-0.3, -0.25) is 9.59 Å². The molecule has 5 nitrogen and oxygen atoms in total. The summed E-state index contributed by atoms with van der Waals surface area (Å²) >= 11 is 0. The first kappa shape index (κ1) is 17.5. The Balaban J connectivity index is 1.83. The Bertz CT molecular complexity index is 996. The molecule has 132 valence electrons. The van der Waals surface area contributed by atoms with Crippen molar-refractivity contribution < 1.29 is 14.7 Å². The highest BCUT2D eigenvalue weighted by atomic mass is 16.3. The third-order valence-corrected chi connectivity index (χ3v) is 4.33. The van der Waals surface area contributed by atoms with Crippen LogP contribution in [0.25, 0.3) is 10.8 Å². The van der Waals surface area contributed by atoms with Crippen molar-refractivity contribution in [1.82, 2.24) is 0 Å². The van der Waals surface area contributed by atoms with E-state index in [9.17, 15) is 14.7 Å². The van der Waals surface area contributed by atoms with Crippen LogP contribution in [0.2, 0.25) is 0 Å². The van der Waals surface area contributed by atoms with Crippen LogP contribution >= 0.6 is 0 Å². The monoisotopic (exact) mass is 348 g/mol. The molecule has 0 aliphatic carbocycles. The van der Waals surface area contributed by atoms with Crippen molar-refractivity contribution in [3.63, 3.8) is 0 Å². The lowest BCUT2D eigenvalue weighted by molar-refractivity contribution is -0.132. The van der Waals surface area contributed by atoms with Gasteiger partial charge < -0.3 is 15.7 Å². The second-order valence-corrected chi connectivity index (χ2v) is 6.05. The lowest BCUT2D eigenvalue weighted by atomic mass is 10.1. The standard InChI is InChI=1S/C21H20N2O3/c1-3-14-8-4-7-13(2)19(14)23-21(26)20(25)22-17-11-5-10-16-15(17)9-6-12-18(16)24/h4-12,24H,3H2,1-2H3,(H,22,25)(H,23,26). The molecule has 0 aliphatic rings. The molecule has 0 aromatic heterocycles. The first-order valence-corrected chi connectivity index (χ1v) is 8.42. The molecular formula is C21H20N2O3. The van der Waals surface area contributed by atoms with Crippen molar-refractivity contribution >= 4 is 34.0 Å². The van der Waals surface area contributed by atoms with Crippen LogP contribution < -0.4 is 10.6 Å². The predicted octanol–water partition coefficient (Wildman–Crippen LogP) is 3.99. The van der Waals surface area contributed by atoms with E-state index < -0.39 is 11.8 Å². The van der Waals surface area contributed by atoms with Crippen LogP contribution in [0, 0.1) is 6.92 Å². The molecule has 0 bridgehead atoms. The second-order valence-electron chi connectivity index (χ2n) is 6.05. The molecule has 0 aliphatic heterocycles. The lowest BCUT2D eigenvalue weighted by Crippen LogP contribution is -2.29. The molecule has 3 aromatic rings. The maximum absolute atomic E-state index is 12.4. The first-order chi connectivity index (χ1) is 12.5. The molecule has 0 unspecified atom stereocenters. The van der Waals surface area contributed by atoms with Crippen LogP contribution in [0.15, 0.2) is 54.6 Å². The molecule has 0 radical (unpaired) electrons. The average Bonchev–Trinajstić information content (AvgIpc) is 2.64. The fourth-order valence-corrected chi connectivity index (χ4v) is 2.95. The van der Waals surface area contributed by atoms with Crippen molar-refractivity contribution in [2.24, 2.45) is 0 Å². The van der Waals surface area contributed by atoms with E-state index in [1.165, 1.54) is 0 Å². The smallest absolute Gasteiger partial charge is 0.314 e. The van der Waals surface area contributed by atoms with E-state index >= 15 is 0 Å². The number of carbonyl (C=O) groups excluding carboxylic acids is 2. The second kappa shape index (κ2) is 7.27. The Hall–Kier alpha value is -3.34. The summed E-state index contributed by atoms with van der Waals surface area (Å²) in [7, 11) is 0. The summed E-state index contributed by atoms with van der Waals surface area (Å²) in [6, 6.07) is 15.9. The van der Waals surface area contributed by atoms with Gasteiger partial charge in [0.15, 0.2) is 0 Å². The van der Waals surface area contributed by atoms with Crippen molar-refractivity contribution in [3.05, 3.63) is 65.7 Å². The number of carbonyl (C=O) groups is 2. The van der Waals surface area contributed by atoms with Crippen molar-refractivity contribution in [3.8, 4) is 5.75 Å². The molecule has 3 N–H and O–H groups in total. The van der Waals surface area contributed by atoms with Crippen LogP contribution in [0.5, 0.6) is 5.75 Å². The van der Waals surface area contributed by atoms with E-state index in [1.54, 1.807) is 36.4 Å². The van der Waals surface area contributed by atoms with Gasteiger partial charge in [-0.1, -0.05) is 49.4 Å². The van der Waals surface area contributed by atoms with E-state index in [1.807, 2.05) is 32.0 Å². The Morgan fingerprint density at radius 1 is 0.885 bits per heavy atom. The van der Waals surface area contributed by atoms with Crippen LogP contribution in [0.4, 0.5) is 11.4 Å². The van der Waals surface area contributed by atoms with Gasteiger partial charge in [0, 0.05) is 22.1 Å². The summed E-state index contributed by atoms with van der Waals surface area (Å²) in [4.78, 5) is 24.7. The highest BCUT2D eigenvalue weighted by Gasteiger charge is 2.17. The number of nitrogens with one attached hydrogen (secondary N) is 2. The molecule has 26 heavy (non-hydrogen) atoms. The van der Waals surface area contributed by atoms with Gasteiger partial charge in [0.2, 0.25) is 0 Å². The third-order valence-electron chi connectivity index (χ3n) is 4.33. The third kappa shape index (κ3) is 3.37. The van der Waals surface area contributed by atoms with Gasteiger partial charge in [-0.15, -0.1) is 0 Å². The Labute approximate surface area is 151 Å². The fraction of sp³-hybridized carbons (Fsp3) is 0.143. The predicted molar refractivity (Wildman–Crippen MR) is 103 cm³/mol. The number of phenols is 1. The van der Waals surface area contributed by atoms with Gasteiger partial charge in [-0.05, 0) is 36.6 Å². The Morgan fingerprint density at radius 2 is 1.54 bits per heavy atom. The van der Waals surface area contributed by atoms with Gasteiger partial charge in [0.25, 0.3) is 0 Å². The number of fused-ring (bicyclic) bond motifs is 1. The van der Waals surface area contributed by atoms with Gasteiger partial charge in [-0.2, -0.15) is 0 Å². The number of para-hydroxylation sites is 1. The minimum atomic E-state index is -0.758. The van der Waals surface area contributed by atoms with E-state index in [0.717, 1.165) is 17.5 Å². The number of aryl methyl sites for hydroxylation is 2. The quantitative estimate of drug-likeness (QED) is 0.626. The summed E-state index contributed by atoms with van der Waals surface area (Å²) in [6.07, 6.45) is 0.752. The van der Waals surface area contributed by atoms with Gasteiger partial charge in [0.05, 0.1) is 0 Å². The molecule has 3 aromatic carbocycles. The molecule has 0 heterocycles. The van der Waals surface area contributed by atoms with Crippen molar-refractivity contribution in [2.45, 2.75) is 20.3 Å². The molecule has 0 saturated carbocycles. The first-order valence-electron chi connectivity index (χ1n) is 8.42. The SMILES string of the molecule is CCc1cccc(C)c1NC(=O)C(=O)Nc1cccc2c(O)cccc12. The average molecular weight is 348 g/mol. The summed E-state index contributed by atoms with van der Waals surface area (Å²) in [6.45, 7) is 3.88. The number of anilines is 2. The number of rotatable bonds is 3. The lowest BCUT2D eigenvalue weighted by Gasteiger charge is -2.13. The minimum Gasteiger partial charge on any atom is -0.507 e. The molecule has 0 saturated heterocycles. The Morgan fingerprint density at radius 3 is 2.31 bits per heavy atom. The van der Waals surface area contributed by atoms with E-state index in [4.69, 9.17) is 0 Å². The summed E-state index contributed by atoms with van der Waals surface area (Å²) in [5.74, 6) is -1.37. The number of amides is 2. The maximum atomic E-state index is 12.4. The summed E-state index contributed by atoms with van der Waals surface area (Å²) in [5, 5.41) is 16.5. The number of hydrogen-bond donors (Lipinski definition) is 3. The fourth-order valence-electron chi connectivity index (χ4n) is 2.95.